The van der Waals surface area contributed by atoms with Crippen LogP contribution in [0.3, 0.4) is 0 Å². The van der Waals surface area contributed by atoms with Gasteiger partial charge in [-0.3, -0.25) is 4.79 Å². The summed E-state index contributed by atoms with van der Waals surface area (Å²) in [5, 5.41) is 6.32. The molecule has 2 N–H and O–H groups in total. The number of benzene rings is 1. The highest BCUT2D eigenvalue weighted by atomic mass is 19.1. The second-order valence-corrected chi connectivity index (χ2v) is 8.21. The SMILES string of the molecule is CCN(CC)CCNC(=O)Cc1nc2cc(F)c(N3CCNCC3)cc2n1C1CC1. The molecular weight excluding hydrogens is 383 g/mol. The van der Waals surface area contributed by atoms with Crippen LogP contribution in [-0.2, 0) is 11.2 Å². The Kier molecular flexibility index (Phi) is 6.53. The molecule has 30 heavy (non-hydrogen) atoms. The van der Waals surface area contributed by atoms with E-state index in [-0.39, 0.29) is 18.1 Å². The first-order chi connectivity index (χ1) is 14.6. The van der Waals surface area contributed by atoms with Gasteiger partial charge < -0.3 is 25.0 Å². The number of halogens is 1. The highest BCUT2D eigenvalue weighted by Gasteiger charge is 2.30. The van der Waals surface area contributed by atoms with Crippen LogP contribution in [0.5, 0.6) is 0 Å². The van der Waals surface area contributed by atoms with E-state index in [2.05, 4.69) is 43.8 Å². The molecule has 0 spiro atoms. The largest absolute Gasteiger partial charge is 0.367 e. The van der Waals surface area contributed by atoms with Crippen molar-refractivity contribution >= 4 is 22.6 Å². The van der Waals surface area contributed by atoms with Gasteiger partial charge in [-0.1, -0.05) is 13.8 Å². The first-order valence-electron chi connectivity index (χ1n) is 11.3. The van der Waals surface area contributed by atoms with Crippen molar-refractivity contribution in [1.29, 1.82) is 0 Å². The summed E-state index contributed by atoms with van der Waals surface area (Å²) in [6.45, 7) is 11.0. The van der Waals surface area contributed by atoms with E-state index in [1.54, 1.807) is 0 Å². The van der Waals surface area contributed by atoms with Crippen LogP contribution in [0.15, 0.2) is 12.1 Å². The van der Waals surface area contributed by atoms with Crippen molar-refractivity contribution in [2.45, 2.75) is 39.2 Å². The molecule has 7 nitrogen and oxygen atoms in total. The number of fused-ring (bicyclic) bond motifs is 1. The summed E-state index contributed by atoms with van der Waals surface area (Å²) in [7, 11) is 0. The quantitative estimate of drug-likeness (QED) is 0.654. The standard InChI is InChI=1S/C22H33FN6O/c1-3-27(4-2)10-9-25-22(30)15-21-26-18-13-17(23)19(28-11-7-24-8-12-28)14-20(18)29(21)16-5-6-16/h13-14,16,24H,3-12,15H2,1-2H3,(H,25,30). The van der Waals surface area contributed by atoms with E-state index in [0.717, 1.165) is 70.0 Å². The zero-order valence-electron chi connectivity index (χ0n) is 18.1. The number of carbonyl (C=O) groups is 1. The molecular formula is C22H33FN6O. The Balaban J connectivity index is 1.53. The number of nitrogens with one attached hydrogen (secondary N) is 2. The van der Waals surface area contributed by atoms with Crippen molar-refractivity contribution in [3.8, 4) is 0 Å². The molecule has 1 amide bonds. The maximum atomic E-state index is 14.8. The molecule has 1 aromatic carbocycles. The molecule has 1 aliphatic carbocycles. The van der Waals surface area contributed by atoms with E-state index < -0.39 is 0 Å². The van der Waals surface area contributed by atoms with Gasteiger partial charge in [0.25, 0.3) is 0 Å². The summed E-state index contributed by atoms with van der Waals surface area (Å²) in [6, 6.07) is 3.84. The van der Waals surface area contributed by atoms with E-state index >= 15 is 0 Å². The molecule has 1 aliphatic heterocycles. The predicted molar refractivity (Wildman–Crippen MR) is 118 cm³/mol. The number of carbonyl (C=O) groups excluding carboxylic acids is 1. The normalized spacial score (nSPS) is 17.1. The Morgan fingerprint density at radius 2 is 2.00 bits per heavy atom. The number of nitrogens with zero attached hydrogens (tertiary/aromatic N) is 4. The number of likely N-dealkylation sites (N-methyl/N-ethyl adjacent to an activating group) is 1. The van der Waals surface area contributed by atoms with Gasteiger partial charge in [0, 0.05) is 51.4 Å². The smallest absolute Gasteiger partial charge is 0.227 e. The Bertz CT molecular complexity index is 883. The summed E-state index contributed by atoms with van der Waals surface area (Å²) >= 11 is 0. The lowest BCUT2D eigenvalue weighted by molar-refractivity contribution is -0.120. The lowest BCUT2D eigenvalue weighted by Crippen LogP contribution is -2.43. The number of amides is 1. The first kappa shape index (κ1) is 21.1. The Hall–Kier alpha value is -2.19. The fourth-order valence-corrected chi connectivity index (χ4v) is 4.27. The van der Waals surface area contributed by atoms with Crippen LogP contribution >= 0.6 is 0 Å². The minimum absolute atomic E-state index is 0.0258. The predicted octanol–water partition coefficient (Wildman–Crippen LogP) is 1.92. The second kappa shape index (κ2) is 9.31. The van der Waals surface area contributed by atoms with Crippen molar-refractivity contribution in [2.24, 2.45) is 0 Å². The Morgan fingerprint density at radius 3 is 2.67 bits per heavy atom. The summed E-state index contributed by atoms with van der Waals surface area (Å²) < 4.78 is 17.0. The number of piperazine rings is 1. The molecule has 8 heteroatoms. The molecule has 2 heterocycles. The van der Waals surface area contributed by atoms with Crippen LogP contribution in [0.2, 0.25) is 0 Å². The summed E-state index contributed by atoms with van der Waals surface area (Å²) in [4.78, 5) is 21.6. The lowest BCUT2D eigenvalue weighted by Gasteiger charge is -2.29. The van der Waals surface area contributed by atoms with Gasteiger partial charge in [-0.05, 0) is 32.0 Å². The van der Waals surface area contributed by atoms with E-state index in [4.69, 9.17) is 0 Å². The van der Waals surface area contributed by atoms with Crippen molar-refractivity contribution in [1.82, 2.24) is 25.1 Å². The van der Waals surface area contributed by atoms with Crippen molar-refractivity contribution < 1.29 is 9.18 Å². The van der Waals surface area contributed by atoms with Crippen LogP contribution in [0.1, 0.15) is 38.6 Å². The van der Waals surface area contributed by atoms with Gasteiger partial charge in [0.1, 0.15) is 11.6 Å². The van der Waals surface area contributed by atoms with Crippen LogP contribution in [0.25, 0.3) is 11.0 Å². The summed E-state index contributed by atoms with van der Waals surface area (Å²) in [5.41, 5.74) is 2.23. The van der Waals surface area contributed by atoms with Crippen molar-refractivity contribution in [3.05, 3.63) is 23.8 Å². The molecule has 2 aliphatic rings. The number of anilines is 1. The summed E-state index contributed by atoms with van der Waals surface area (Å²) in [5.74, 6) is 0.479. The molecule has 1 aromatic heterocycles. The fourth-order valence-electron chi connectivity index (χ4n) is 4.27. The van der Waals surface area contributed by atoms with Crippen molar-refractivity contribution in [2.75, 3.05) is 57.3 Å². The van der Waals surface area contributed by atoms with Crippen LogP contribution in [-0.4, -0.2) is 72.7 Å². The van der Waals surface area contributed by atoms with Crippen molar-refractivity contribution in [3.63, 3.8) is 0 Å². The molecule has 0 bridgehead atoms. The average Bonchev–Trinajstić information content (AvgIpc) is 3.53. The maximum absolute atomic E-state index is 14.8. The van der Waals surface area contributed by atoms with Gasteiger partial charge in [-0.25, -0.2) is 9.37 Å². The van der Waals surface area contributed by atoms with Gasteiger partial charge in [-0.15, -0.1) is 0 Å². The number of rotatable bonds is 9. The van der Waals surface area contributed by atoms with Gasteiger partial charge in [0.2, 0.25) is 5.91 Å². The molecule has 164 valence electrons. The number of aromatic nitrogens is 2. The van der Waals surface area contributed by atoms with Gasteiger partial charge >= 0.3 is 0 Å². The van der Waals surface area contributed by atoms with Gasteiger partial charge in [0.05, 0.1) is 23.1 Å². The number of hydrogen-bond acceptors (Lipinski definition) is 5. The molecule has 1 saturated heterocycles. The van der Waals surface area contributed by atoms with E-state index in [1.165, 1.54) is 6.07 Å². The molecule has 0 unspecified atom stereocenters. The first-order valence-corrected chi connectivity index (χ1v) is 11.3. The Labute approximate surface area is 177 Å². The van der Waals surface area contributed by atoms with Crippen LogP contribution < -0.4 is 15.5 Å². The maximum Gasteiger partial charge on any atom is 0.227 e. The van der Waals surface area contributed by atoms with Gasteiger partial charge in [0.15, 0.2) is 0 Å². The topological polar surface area (TPSA) is 65.4 Å². The zero-order chi connectivity index (χ0) is 21.1. The fraction of sp³-hybridized carbons (Fsp3) is 0.636. The molecule has 2 fully saturated rings. The molecule has 0 atom stereocenters. The van der Waals surface area contributed by atoms with Crippen LogP contribution in [0, 0.1) is 5.82 Å². The number of hydrogen-bond donors (Lipinski definition) is 2. The second-order valence-electron chi connectivity index (χ2n) is 8.21. The van der Waals surface area contributed by atoms with Gasteiger partial charge in [-0.2, -0.15) is 0 Å². The monoisotopic (exact) mass is 416 g/mol. The minimum atomic E-state index is -0.236. The third kappa shape index (κ3) is 4.59. The lowest BCUT2D eigenvalue weighted by atomic mass is 10.2. The Morgan fingerprint density at radius 1 is 1.27 bits per heavy atom. The van der Waals surface area contributed by atoms with E-state index in [9.17, 15) is 9.18 Å². The minimum Gasteiger partial charge on any atom is -0.367 e. The third-order valence-electron chi connectivity index (χ3n) is 6.16. The highest BCUT2D eigenvalue weighted by Crippen LogP contribution is 2.40. The molecule has 2 aromatic rings. The molecule has 1 saturated carbocycles. The highest BCUT2D eigenvalue weighted by molar-refractivity contribution is 5.84. The third-order valence-corrected chi connectivity index (χ3v) is 6.16. The van der Waals surface area contributed by atoms with E-state index in [0.29, 0.717) is 23.8 Å². The van der Waals surface area contributed by atoms with E-state index in [1.807, 2.05) is 6.07 Å². The number of imidazole rings is 1. The van der Waals surface area contributed by atoms with Crippen LogP contribution in [0.4, 0.5) is 10.1 Å². The summed E-state index contributed by atoms with van der Waals surface area (Å²) in [6.07, 6.45) is 2.40. The molecule has 4 rings (SSSR count). The zero-order valence-corrected chi connectivity index (χ0v) is 18.1. The molecule has 0 radical (unpaired) electrons. The average molecular weight is 417 g/mol.